The summed E-state index contributed by atoms with van der Waals surface area (Å²) in [7, 11) is 0. The third-order valence-electron chi connectivity index (χ3n) is 2.54. The number of pyridine rings is 1. The van der Waals surface area contributed by atoms with Crippen molar-refractivity contribution in [3.63, 3.8) is 0 Å². The first kappa shape index (κ1) is 12.4. The van der Waals surface area contributed by atoms with Crippen LogP contribution in [0.1, 0.15) is 11.1 Å². The van der Waals surface area contributed by atoms with E-state index in [-0.39, 0.29) is 12.4 Å². The van der Waals surface area contributed by atoms with Crippen LogP contribution < -0.4 is 11.1 Å². The Morgan fingerprint density at radius 3 is 2.61 bits per heavy atom. The molecule has 1 aromatic heterocycles. The van der Waals surface area contributed by atoms with Gasteiger partial charge in [-0.25, -0.2) is 13.8 Å². The molecule has 3 nitrogen and oxygen atoms in total. The van der Waals surface area contributed by atoms with Gasteiger partial charge >= 0.3 is 0 Å². The molecule has 0 fully saturated rings. The summed E-state index contributed by atoms with van der Waals surface area (Å²) in [6.45, 7) is 0.597. The minimum atomic E-state index is -0.404. The van der Waals surface area contributed by atoms with Crippen molar-refractivity contribution in [2.75, 3.05) is 5.32 Å². The average molecular weight is 249 g/mol. The van der Waals surface area contributed by atoms with Crippen LogP contribution in [0.25, 0.3) is 0 Å². The minimum absolute atomic E-state index is 0.287. The highest BCUT2D eigenvalue weighted by atomic mass is 19.1. The lowest BCUT2D eigenvalue weighted by Gasteiger charge is -2.07. The highest BCUT2D eigenvalue weighted by Gasteiger charge is 2.03. The van der Waals surface area contributed by atoms with Gasteiger partial charge < -0.3 is 11.1 Å². The summed E-state index contributed by atoms with van der Waals surface area (Å²) in [5.41, 5.74) is 6.68. The Balaban J connectivity index is 2.04. The summed E-state index contributed by atoms with van der Waals surface area (Å²) < 4.78 is 26.3. The Hall–Kier alpha value is -2.01. The molecule has 1 heterocycles. The fourth-order valence-electron chi connectivity index (χ4n) is 1.53. The quantitative estimate of drug-likeness (QED) is 0.875. The van der Waals surface area contributed by atoms with Crippen LogP contribution in [0.15, 0.2) is 36.5 Å². The Kier molecular flexibility index (Phi) is 3.84. The van der Waals surface area contributed by atoms with Crippen LogP contribution in [-0.4, -0.2) is 4.98 Å². The van der Waals surface area contributed by atoms with Gasteiger partial charge in [0.25, 0.3) is 0 Å². The lowest BCUT2D eigenvalue weighted by molar-refractivity contribution is 0.610. The minimum Gasteiger partial charge on any atom is -0.366 e. The predicted molar refractivity (Wildman–Crippen MR) is 65.8 cm³/mol. The highest BCUT2D eigenvalue weighted by molar-refractivity contribution is 5.35. The van der Waals surface area contributed by atoms with Crippen molar-refractivity contribution < 1.29 is 8.78 Å². The predicted octanol–water partition coefficient (Wildman–Crippen LogP) is 2.43. The van der Waals surface area contributed by atoms with Crippen LogP contribution in [0, 0.1) is 11.6 Å². The number of anilines is 1. The Morgan fingerprint density at radius 1 is 1.17 bits per heavy atom. The summed E-state index contributed by atoms with van der Waals surface area (Å²) in [5.74, 6) is -0.217. The molecule has 2 aromatic rings. The maximum atomic E-state index is 13.6. The van der Waals surface area contributed by atoms with Gasteiger partial charge in [0.2, 0.25) is 0 Å². The smallest absolute Gasteiger partial charge is 0.141 e. The number of rotatable bonds is 4. The van der Waals surface area contributed by atoms with Crippen LogP contribution in [-0.2, 0) is 13.1 Å². The van der Waals surface area contributed by atoms with Gasteiger partial charge in [0.15, 0.2) is 0 Å². The van der Waals surface area contributed by atoms with Crippen molar-refractivity contribution >= 4 is 5.82 Å². The maximum Gasteiger partial charge on any atom is 0.141 e. The van der Waals surface area contributed by atoms with Gasteiger partial charge in [0.05, 0.1) is 6.20 Å². The monoisotopic (exact) mass is 249 g/mol. The molecule has 2 rings (SSSR count). The number of halogens is 2. The number of benzene rings is 1. The zero-order valence-corrected chi connectivity index (χ0v) is 9.66. The molecule has 0 atom stereocenters. The zero-order chi connectivity index (χ0) is 13.0. The summed E-state index contributed by atoms with van der Waals surface area (Å²) in [6, 6.07) is 7.66. The molecule has 0 amide bonds. The highest BCUT2D eigenvalue weighted by Crippen LogP contribution is 2.12. The zero-order valence-electron chi connectivity index (χ0n) is 9.66. The summed E-state index contributed by atoms with van der Waals surface area (Å²) >= 11 is 0. The molecule has 1 aromatic carbocycles. The molecule has 5 heteroatoms. The number of nitrogens with two attached hydrogens (primary N) is 1. The third kappa shape index (κ3) is 3.01. The van der Waals surface area contributed by atoms with E-state index in [0.717, 1.165) is 11.8 Å². The van der Waals surface area contributed by atoms with Crippen molar-refractivity contribution in [3.05, 3.63) is 59.3 Å². The van der Waals surface area contributed by atoms with E-state index in [9.17, 15) is 8.78 Å². The van der Waals surface area contributed by atoms with Crippen LogP contribution >= 0.6 is 0 Å². The number of hydrogen-bond donors (Lipinski definition) is 2. The second kappa shape index (κ2) is 5.55. The molecule has 0 unspecified atom stereocenters. The third-order valence-corrected chi connectivity index (χ3v) is 2.54. The van der Waals surface area contributed by atoms with Crippen molar-refractivity contribution in [1.82, 2.24) is 4.98 Å². The van der Waals surface area contributed by atoms with Crippen molar-refractivity contribution in [2.24, 2.45) is 5.73 Å². The lowest BCUT2D eigenvalue weighted by Crippen LogP contribution is -2.05. The lowest BCUT2D eigenvalue weighted by atomic mass is 10.1. The van der Waals surface area contributed by atoms with Gasteiger partial charge in [0.1, 0.15) is 17.5 Å². The molecule has 0 saturated heterocycles. The number of nitrogens with one attached hydrogen (secondary N) is 1. The molecule has 94 valence electrons. The number of hydrogen-bond acceptors (Lipinski definition) is 3. The van der Waals surface area contributed by atoms with E-state index in [2.05, 4.69) is 10.3 Å². The summed E-state index contributed by atoms with van der Waals surface area (Å²) in [5, 5.41) is 2.92. The van der Waals surface area contributed by atoms with Crippen LogP contribution in [0.3, 0.4) is 0 Å². The number of aromatic nitrogens is 1. The van der Waals surface area contributed by atoms with Gasteiger partial charge in [-0.15, -0.1) is 0 Å². The van der Waals surface area contributed by atoms with Crippen LogP contribution in [0.2, 0.25) is 0 Å². The van der Waals surface area contributed by atoms with E-state index < -0.39 is 5.82 Å². The first-order valence-corrected chi connectivity index (χ1v) is 5.52. The standard InChI is InChI=1S/C13H13F2N3/c14-11-3-4-13(18-8-11)17-7-10-2-1-9(6-16)5-12(10)15/h1-5,8H,6-7,16H2,(H,17,18). The van der Waals surface area contributed by atoms with Crippen LogP contribution in [0.5, 0.6) is 0 Å². The van der Waals surface area contributed by atoms with Gasteiger partial charge in [-0.1, -0.05) is 12.1 Å². The second-order valence-corrected chi connectivity index (χ2v) is 3.85. The van der Waals surface area contributed by atoms with E-state index in [1.54, 1.807) is 12.1 Å². The molecule has 3 N–H and O–H groups in total. The molecular weight excluding hydrogens is 236 g/mol. The molecular formula is C13H13F2N3. The van der Waals surface area contributed by atoms with E-state index in [4.69, 9.17) is 5.73 Å². The first-order chi connectivity index (χ1) is 8.69. The Bertz CT molecular complexity index is 526. The fourth-order valence-corrected chi connectivity index (χ4v) is 1.53. The second-order valence-electron chi connectivity index (χ2n) is 3.85. The molecule has 0 aliphatic heterocycles. The fraction of sp³-hybridized carbons (Fsp3) is 0.154. The van der Waals surface area contributed by atoms with Gasteiger partial charge in [-0.2, -0.15) is 0 Å². The first-order valence-electron chi connectivity index (χ1n) is 5.52. The average Bonchev–Trinajstić information content (AvgIpc) is 2.39. The van der Waals surface area contributed by atoms with E-state index in [1.807, 2.05) is 0 Å². The van der Waals surface area contributed by atoms with Gasteiger partial charge in [-0.05, 0) is 23.8 Å². The normalized spacial score (nSPS) is 10.4. The Morgan fingerprint density at radius 2 is 2.00 bits per heavy atom. The molecule has 0 spiro atoms. The van der Waals surface area contributed by atoms with E-state index >= 15 is 0 Å². The topological polar surface area (TPSA) is 50.9 Å². The Labute approximate surface area is 104 Å². The van der Waals surface area contributed by atoms with E-state index in [0.29, 0.717) is 17.9 Å². The molecule has 0 aliphatic rings. The van der Waals surface area contributed by atoms with Crippen molar-refractivity contribution in [3.8, 4) is 0 Å². The van der Waals surface area contributed by atoms with Gasteiger partial charge in [-0.3, -0.25) is 0 Å². The van der Waals surface area contributed by atoms with E-state index in [1.165, 1.54) is 18.2 Å². The molecule has 0 saturated carbocycles. The van der Waals surface area contributed by atoms with Crippen molar-refractivity contribution in [2.45, 2.75) is 13.1 Å². The molecule has 0 aliphatic carbocycles. The molecule has 0 bridgehead atoms. The van der Waals surface area contributed by atoms with Crippen LogP contribution in [0.4, 0.5) is 14.6 Å². The number of nitrogens with zero attached hydrogens (tertiary/aromatic N) is 1. The van der Waals surface area contributed by atoms with Crippen molar-refractivity contribution in [1.29, 1.82) is 0 Å². The summed E-state index contributed by atoms with van der Waals surface area (Å²) in [6.07, 6.45) is 1.11. The molecule has 18 heavy (non-hydrogen) atoms. The summed E-state index contributed by atoms with van der Waals surface area (Å²) in [4.78, 5) is 3.83. The largest absolute Gasteiger partial charge is 0.366 e. The SMILES string of the molecule is NCc1ccc(CNc2ccc(F)cn2)c(F)c1. The van der Waals surface area contributed by atoms with Gasteiger partial charge in [0, 0.05) is 18.7 Å². The maximum absolute atomic E-state index is 13.6. The molecule has 0 radical (unpaired) electrons.